The number of non-ortho nitro benzene ring substituents is 1. The van der Waals surface area contributed by atoms with Crippen LogP contribution in [0.15, 0.2) is 18.2 Å². The molecule has 6 nitrogen and oxygen atoms in total. The first-order valence-corrected chi connectivity index (χ1v) is 5.51. The van der Waals surface area contributed by atoms with Crippen molar-refractivity contribution in [3.63, 3.8) is 0 Å². The Morgan fingerprint density at radius 2 is 2.16 bits per heavy atom. The maximum Gasteiger partial charge on any atom is 0.270 e. The van der Waals surface area contributed by atoms with Gasteiger partial charge in [-0.3, -0.25) is 14.9 Å². The first kappa shape index (κ1) is 14.6. The van der Waals surface area contributed by atoms with Gasteiger partial charge < -0.3 is 5.32 Å². The van der Waals surface area contributed by atoms with Crippen molar-refractivity contribution in [1.82, 2.24) is 5.32 Å². The summed E-state index contributed by atoms with van der Waals surface area (Å²) in [7, 11) is 0. The minimum Gasteiger partial charge on any atom is -0.336 e. The van der Waals surface area contributed by atoms with Crippen molar-refractivity contribution >= 4 is 11.6 Å². The predicted molar refractivity (Wildman–Crippen MR) is 64.8 cm³/mol. The van der Waals surface area contributed by atoms with Crippen molar-refractivity contribution in [2.45, 2.75) is 19.9 Å². The lowest BCUT2D eigenvalue weighted by Crippen LogP contribution is -2.37. The molecule has 1 aromatic carbocycles. The molecule has 1 unspecified atom stereocenters. The van der Waals surface area contributed by atoms with Crippen LogP contribution in [0.3, 0.4) is 0 Å². The highest BCUT2D eigenvalue weighted by Crippen LogP contribution is 2.17. The molecule has 0 heterocycles. The Kier molecular flexibility index (Phi) is 4.53. The Labute approximate surface area is 109 Å². The molecule has 1 N–H and O–H groups in total. The second-order valence-corrected chi connectivity index (χ2v) is 4.25. The van der Waals surface area contributed by atoms with E-state index in [2.05, 4.69) is 5.32 Å². The van der Waals surface area contributed by atoms with Gasteiger partial charge in [0, 0.05) is 12.1 Å². The van der Waals surface area contributed by atoms with Crippen LogP contribution in [0, 0.1) is 33.2 Å². The SMILES string of the molecule is CC(C)C(C#N)NC(=O)c1cc([N+](=O)[O-])ccc1F. The molecule has 0 aliphatic rings. The van der Waals surface area contributed by atoms with Crippen LogP contribution in [0.5, 0.6) is 0 Å². The zero-order valence-electron chi connectivity index (χ0n) is 10.4. The van der Waals surface area contributed by atoms with Gasteiger partial charge >= 0.3 is 0 Å². The van der Waals surface area contributed by atoms with Crippen molar-refractivity contribution in [2.24, 2.45) is 5.92 Å². The van der Waals surface area contributed by atoms with Crippen LogP contribution in [-0.2, 0) is 0 Å². The second-order valence-electron chi connectivity index (χ2n) is 4.25. The molecule has 0 saturated heterocycles. The average Bonchev–Trinajstić information content (AvgIpc) is 2.35. The molecule has 19 heavy (non-hydrogen) atoms. The molecule has 0 bridgehead atoms. The highest BCUT2D eigenvalue weighted by molar-refractivity contribution is 5.95. The van der Waals surface area contributed by atoms with E-state index in [9.17, 15) is 19.3 Å². The first-order valence-electron chi connectivity index (χ1n) is 5.51. The van der Waals surface area contributed by atoms with E-state index in [-0.39, 0.29) is 11.6 Å². The molecular weight excluding hydrogens is 253 g/mol. The maximum absolute atomic E-state index is 13.5. The van der Waals surface area contributed by atoms with Crippen LogP contribution in [-0.4, -0.2) is 16.9 Å². The third kappa shape index (κ3) is 3.48. The van der Waals surface area contributed by atoms with Gasteiger partial charge in [-0.1, -0.05) is 13.8 Å². The highest BCUT2D eigenvalue weighted by atomic mass is 19.1. The summed E-state index contributed by atoms with van der Waals surface area (Å²) in [6.45, 7) is 3.44. The largest absolute Gasteiger partial charge is 0.336 e. The number of carbonyl (C=O) groups is 1. The molecular formula is C12H12FN3O3. The van der Waals surface area contributed by atoms with Crippen LogP contribution >= 0.6 is 0 Å². The van der Waals surface area contributed by atoms with Crippen LogP contribution in [0.1, 0.15) is 24.2 Å². The molecule has 1 atom stereocenters. The van der Waals surface area contributed by atoms with Gasteiger partial charge in [0.05, 0.1) is 16.6 Å². The van der Waals surface area contributed by atoms with Crippen molar-refractivity contribution in [3.8, 4) is 6.07 Å². The van der Waals surface area contributed by atoms with Gasteiger partial charge in [-0.25, -0.2) is 4.39 Å². The molecule has 0 spiro atoms. The van der Waals surface area contributed by atoms with Crippen LogP contribution in [0.4, 0.5) is 10.1 Å². The number of amides is 1. The van der Waals surface area contributed by atoms with Crippen LogP contribution < -0.4 is 5.32 Å². The Balaban J connectivity index is 3.03. The summed E-state index contributed by atoms with van der Waals surface area (Å²) in [4.78, 5) is 21.6. The van der Waals surface area contributed by atoms with E-state index in [0.29, 0.717) is 0 Å². The van der Waals surface area contributed by atoms with Gasteiger partial charge in [-0.05, 0) is 12.0 Å². The van der Waals surface area contributed by atoms with E-state index in [0.717, 1.165) is 18.2 Å². The number of halogens is 1. The number of hydrogen-bond donors (Lipinski definition) is 1. The monoisotopic (exact) mass is 265 g/mol. The zero-order chi connectivity index (χ0) is 14.6. The predicted octanol–water partition coefficient (Wildman–Crippen LogP) is 2.01. The van der Waals surface area contributed by atoms with Crippen molar-refractivity contribution < 1.29 is 14.1 Å². The number of nitro benzene ring substituents is 1. The molecule has 0 aliphatic carbocycles. The van der Waals surface area contributed by atoms with Gasteiger partial charge in [0.1, 0.15) is 11.9 Å². The number of nitrogens with zero attached hydrogens (tertiary/aromatic N) is 2. The standard InChI is InChI=1S/C12H12FN3O3/c1-7(2)11(6-14)15-12(17)9-5-8(16(18)19)3-4-10(9)13/h3-5,7,11H,1-2H3,(H,15,17). The van der Waals surface area contributed by atoms with Crippen molar-refractivity contribution in [3.05, 3.63) is 39.7 Å². The Morgan fingerprint density at radius 3 is 2.63 bits per heavy atom. The number of rotatable bonds is 4. The van der Waals surface area contributed by atoms with E-state index in [4.69, 9.17) is 5.26 Å². The molecule has 1 rings (SSSR count). The summed E-state index contributed by atoms with van der Waals surface area (Å²) in [5, 5.41) is 21.7. The topological polar surface area (TPSA) is 96.0 Å². The lowest BCUT2D eigenvalue weighted by atomic mass is 10.1. The van der Waals surface area contributed by atoms with Crippen LogP contribution in [0.25, 0.3) is 0 Å². The summed E-state index contributed by atoms with van der Waals surface area (Å²) >= 11 is 0. The number of nitro groups is 1. The van der Waals surface area contributed by atoms with Crippen molar-refractivity contribution in [2.75, 3.05) is 0 Å². The van der Waals surface area contributed by atoms with Gasteiger partial charge in [-0.15, -0.1) is 0 Å². The van der Waals surface area contributed by atoms with E-state index >= 15 is 0 Å². The number of nitriles is 1. The van der Waals surface area contributed by atoms with Gasteiger partial charge in [0.15, 0.2) is 0 Å². The van der Waals surface area contributed by atoms with E-state index in [1.165, 1.54) is 0 Å². The van der Waals surface area contributed by atoms with Crippen molar-refractivity contribution in [1.29, 1.82) is 5.26 Å². The van der Waals surface area contributed by atoms with E-state index < -0.39 is 28.3 Å². The number of nitrogens with one attached hydrogen (secondary N) is 1. The third-order valence-electron chi connectivity index (χ3n) is 2.50. The smallest absolute Gasteiger partial charge is 0.270 e. The Morgan fingerprint density at radius 1 is 1.53 bits per heavy atom. The fourth-order valence-corrected chi connectivity index (χ4v) is 1.37. The lowest BCUT2D eigenvalue weighted by Gasteiger charge is -2.14. The average molecular weight is 265 g/mol. The molecule has 0 aromatic heterocycles. The number of carbonyl (C=O) groups excluding carboxylic acids is 1. The molecule has 1 aromatic rings. The van der Waals surface area contributed by atoms with E-state index in [1.807, 2.05) is 6.07 Å². The summed E-state index contributed by atoms with van der Waals surface area (Å²) in [6, 6.07) is 3.75. The molecule has 0 aliphatic heterocycles. The lowest BCUT2D eigenvalue weighted by molar-refractivity contribution is -0.384. The van der Waals surface area contributed by atoms with Gasteiger partial charge in [0.25, 0.3) is 11.6 Å². The maximum atomic E-state index is 13.5. The second kappa shape index (κ2) is 5.91. The quantitative estimate of drug-likeness (QED) is 0.665. The number of hydrogen-bond acceptors (Lipinski definition) is 4. The summed E-state index contributed by atoms with van der Waals surface area (Å²) < 4.78 is 13.5. The number of benzene rings is 1. The molecule has 0 radical (unpaired) electrons. The first-order chi connectivity index (χ1) is 8.86. The molecule has 1 amide bonds. The summed E-state index contributed by atoms with van der Waals surface area (Å²) in [5.74, 6) is -1.87. The molecule has 7 heteroatoms. The fourth-order valence-electron chi connectivity index (χ4n) is 1.37. The molecule has 0 fully saturated rings. The van der Waals surface area contributed by atoms with Crippen LogP contribution in [0.2, 0.25) is 0 Å². The summed E-state index contributed by atoms with van der Waals surface area (Å²) in [5.41, 5.74) is -0.834. The molecule has 100 valence electrons. The van der Waals surface area contributed by atoms with E-state index in [1.54, 1.807) is 13.8 Å². The third-order valence-corrected chi connectivity index (χ3v) is 2.50. The fraction of sp³-hybridized carbons (Fsp3) is 0.333. The molecule has 0 saturated carbocycles. The van der Waals surface area contributed by atoms with Gasteiger partial charge in [-0.2, -0.15) is 5.26 Å². The normalized spacial score (nSPS) is 11.7. The zero-order valence-corrected chi connectivity index (χ0v) is 10.4. The highest BCUT2D eigenvalue weighted by Gasteiger charge is 2.21. The Hall–Kier alpha value is -2.49. The minimum atomic E-state index is -0.872. The Bertz CT molecular complexity index is 552. The van der Waals surface area contributed by atoms with Gasteiger partial charge in [0.2, 0.25) is 0 Å². The minimum absolute atomic E-state index is 0.157. The summed E-state index contributed by atoms with van der Waals surface area (Å²) in [6.07, 6.45) is 0.